The zero-order valence-electron chi connectivity index (χ0n) is 17.0. The number of methoxy groups -OCH3 is 1. The number of rotatable bonds is 5. The molecule has 1 aromatic rings. The molecule has 2 aliphatic heterocycles. The first-order valence-electron chi connectivity index (χ1n) is 10.1. The number of hydrogen-bond acceptors (Lipinski definition) is 6. The fourth-order valence-electron chi connectivity index (χ4n) is 4.98. The van der Waals surface area contributed by atoms with Crippen LogP contribution >= 0.6 is 0 Å². The van der Waals surface area contributed by atoms with Gasteiger partial charge < -0.3 is 14.8 Å². The van der Waals surface area contributed by atoms with Crippen molar-refractivity contribution < 1.29 is 17.9 Å². The lowest BCUT2D eigenvalue weighted by Gasteiger charge is -2.42. The van der Waals surface area contributed by atoms with Gasteiger partial charge in [0.2, 0.25) is 15.9 Å². The van der Waals surface area contributed by atoms with Crippen molar-refractivity contribution in [2.24, 2.45) is 5.41 Å². The van der Waals surface area contributed by atoms with Gasteiger partial charge >= 0.3 is 0 Å². The third-order valence-corrected chi connectivity index (χ3v) is 8.54. The average molecular weight is 410 g/mol. The molecule has 3 aliphatic rings. The molecule has 156 valence electrons. The first-order valence-corrected chi connectivity index (χ1v) is 11.6. The molecule has 1 N–H and O–H groups in total. The van der Waals surface area contributed by atoms with Crippen molar-refractivity contribution in [3.63, 3.8) is 0 Å². The van der Waals surface area contributed by atoms with Gasteiger partial charge in [0.1, 0.15) is 4.90 Å². The van der Waals surface area contributed by atoms with E-state index in [4.69, 9.17) is 9.47 Å². The maximum atomic E-state index is 13.2. The van der Waals surface area contributed by atoms with Crippen LogP contribution in [0.25, 0.3) is 0 Å². The molecule has 28 heavy (non-hydrogen) atoms. The van der Waals surface area contributed by atoms with Gasteiger partial charge in [-0.3, -0.25) is 0 Å². The number of aryl methyl sites for hydroxylation is 1. The highest BCUT2D eigenvalue weighted by atomic mass is 32.2. The van der Waals surface area contributed by atoms with Gasteiger partial charge in [0, 0.05) is 25.3 Å². The lowest BCUT2D eigenvalue weighted by Crippen LogP contribution is -2.60. The maximum Gasteiger partial charge on any atom is 0.248 e. The molecule has 4 rings (SSSR count). The molecule has 1 aliphatic carbocycles. The Hall–Kier alpha value is -1.22. The maximum absolute atomic E-state index is 13.2. The van der Waals surface area contributed by atoms with Crippen LogP contribution < -0.4 is 10.1 Å². The number of ether oxygens (including phenoxy) is 2. The fraction of sp³-hybridized carbons (Fsp3) is 0.750. The van der Waals surface area contributed by atoms with E-state index in [1.54, 1.807) is 16.6 Å². The summed E-state index contributed by atoms with van der Waals surface area (Å²) in [4.78, 5) is 4.32. The molecule has 1 saturated carbocycles. The SMILES string of the molecule is COc1ncc(C)cc1S(=O)(=O)N1CCC2(CCC(NC3(C)COC3)C2)CC1. The van der Waals surface area contributed by atoms with Crippen molar-refractivity contribution in [1.29, 1.82) is 0 Å². The standard InChI is InChI=1S/C20H31N3O4S/c1-15-10-17(18(26-3)21-12-15)28(24,25)23-8-6-20(7-9-23)5-4-16(11-20)22-19(2)13-27-14-19/h10,12,16,22H,4-9,11,13-14H2,1-3H3. The Morgan fingerprint density at radius 2 is 2.00 bits per heavy atom. The summed E-state index contributed by atoms with van der Waals surface area (Å²) in [6.45, 7) is 6.76. The van der Waals surface area contributed by atoms with E-state index in [1.807, 2.05) is 6.92 Å². The number of nitrogens with zero attached hydrogens (tertiary/aromatic N) is 2. The van der Waals surface area contributed by atoms with Crippen molar-refractivity contribution in [2.75, 3.05) is 33.4 Å². The van der Waals surface area contributed by atoms with E-state index in [-0.39, 0.29) is 21.7 Å². The van der Waals surface area contributed by atoms with Gasteiger partial charge in [-0.25, -0.2) is 13.4 Å². The van der Waals surface area contributed by atoms with Gasteiger partial charge in [-0.2, -0.15) is 4.31 Å². The number of sulfonamides is 1. The van der Waals surface area contributed by atoms with Gasteiger partial charge in [-0.1, -0.05) is 0 Å². The van der Waals surface area contributed by atoms with Crippen molar-refractivity contribution in [1.82, 2.24) is 14.6 Å². The number of aromatic nitrogens is 1. The second-order valence-corrected chi connectivity index (χ2v) is 11.0. The molecule has 1 unspecified atom stereocenters. The fourth-order valence-corrected chi connectivity index (χ4v) is 6.61. The molecule has 7 nitrogen and oxygen atoms in total. The van der Waals surface area contributed by atoms with E-state index in [0.717, 1.165) is 44.5 Å². The molecule has 1 spiro atoms. The Morgan fingerprint density at radius 3 is 2.61 bits per heavy atom. The van der Waals surface area contributed by atoms with Crippen molar-refractivity contribution >= 4 is 10.0 Å². The Morgan fingerprint density at radius 1 is 1.29 bits per heavy atom. The summed E-state index contributed by atoms with van der Waals surface area (Å²) >= 11 is 0. The molecule has 1 aromatic heterocycles. The van der Waals surface area contributed by atoms with Crippen molar-refractivity contribution in [2.45, 2.75) is 62.4 Å². The van der Waals surface area contributed by atoms with Gasteiger partial charge in [0.25, 0.3) is 0 Å². The summed E-state index contributed by atoms with van der Waals surface area (Å²) in [5.41, 5.74) is 1.19. The van der Waals surface area contributed by atoms with Gasteiger partial charge in [-0.15, -0.1) is 0 Å². The molecular weight excluding hydrogens is 378 g/mol. The summed E-state index contributed by atoms with van der Waals surface area (Å²) in [5.74, 6) is 0.173. The summed E-state index contributed by atoms with van der Waals surface area (Å²) in [6.07, 6.45) is 6.93. The lowest BCUT2D eigenvalue weighted by molar-refractivity contribution is -0.0696. The van der Waals surface area contributed by atoms with Crippen LogP contribution in [0.1, 0.15) is 44.6 Å². The van der Waals surface area contributed by atoms with Crippen molar-refractivity contribution in [3.05, 3.63) is 17.8 Å². The Balaban J connectivity index is 1.42. The van der Waals surface area contributed by atoms with E-state index in [1.165, 1.54) is 13.5 Å². The first-order chi connectivity index (χ1) is 13.3. The molecule has 0 amide bonds. The quantitative estimate of drug-likeness (QED) is 0.802. The van der Waals surface area contributed by atoms with E-state index >= 15 is 0 Å². The van der Waals surface area contributed by atoms with E-state index < -0.39 is 10.0 Å². The minimum Gasteiger partial charge on any atom is -0.480 e. The van der Waals surface area contributed by atoms with Gasteiger partial charge in [0.15, 0.2) is 0 Å². The molecule has 0 bridgehead atoms. The Labute approximate surface area is 167 Å². The van der Waals surface area contributed by atoms with Crippen LogP contribution in [-0.2, 0) is 14.8 Å². The monoisotopic (exact) mass is 409 g/mol. The van der Waals surface area contributed by atoms with E-state index in [0.29, 0.717) is 19.1 Å². The largest absolute Gasteiger partial charge is 0.480 e. The predicted octanol–water partition coefficient (Wildman–Crippen LogP) is 2.10. The summed E-state index contributed by atoms with van der Waals surface area (Å²) < 4.78 is 38.6. The van der Waals surface area contributed by atoms with Crippen LogP contribution in [-0.4, -0.2) is 62.7 Å². The van der Waals surface area contributed by atoms with E-state index in [9.17, 15) is 8.42 Å². The summed E-state index contributed by atoms with van der Waals surface area (Å²) in [6, 6.07) is 2.17. The van der Waals surface area contributed by atoms with Crippen LogP contribution in [0.5, 0.6) is 5.88 Å². The summed E-state index contributed by atoms with van der Waals surface area (Å²) in [7, 11) is -2.14. The van der Waals surface area contributed by atoms with Crippen LogP contribution in [0.15, 0.2) is 17.2 Å². The smallest absolute Gasteiger partial charge is 0.248 e. The Bertz CT molecular complexity index is 830. The van der Waals surface area contributed by atoms with Gasteiger partial charge in [0.05, 0.1) is 25.9 Å². The van der Waals surface area contributed by atoms with Crippen LogP contribution in [0.2, 0.25) is 0 Å². The molecular formula is C20H31N3O4S. The number of pyridine rings is 1. The zero-order valence-corrected chi connectivity index (χ0v) is 17.8. The molecule has 1 atom stereocenters. The highest BCUT2D eigenvalue weighted by Crippen LogP contribution is 2.47. The number of piperidine rings is 1. The van der Waals surface area contributed by atoms with Crippen LogP contribution in [0, 0.1) is 12.3 Å². The molecule has 3 fully saturated rings. The second-order valence-electron chi connectivity index (χ2n) is 9.06. The minimum atomic E-state index is -3.60. The third kappa shape index (κ3) is 3.67. The summed E-state index contributed by atoms with van der Waals surface area (Å²) in [5, 5.41) is 3.77. The van der Waals surface area contributed by atoms with Crippen LogP contribution in [0.3, 0.4) is 0 Å². The van der Waals surface area contributed by atoms with Crippen LogP contribution in [0.4, 0.5) is 0 Å². The second kappa shape index (κ2) is 7.23. The van der Waals surface area contributed by atoms with Gasteiger partial charge in [-0.05, 0) is 63.0 Å². The normalized spacial score (nSPS) is 26.9. The molecule has 3 heterocycles. The number of hydrogen-bond donors (Lipinski definition) is 1. The topological polar surface area (TPSA) is 80.8 Å². The third-order valence-electron chi connectivity index (χ3n) is 6.65. The lowest BCUT2D eigenvalue weighted by atomic mass is 9.77. The van der Waals surface area contributed by atoms with Crippen molar-refractivity contribution in [3.8, 4) is 5.88 Å². The molecule has 8 heteroatoms. The zero-order chi connectivity index (χ0) is 20.0. The molecule has 0 aromatic carbocycles. The highest BCUT2D eigenvalue weighted by molar-refractivity contribution is 7.89. The molecule has 2 saturated heterocycles. The Kier molecular flexibility index (Phi) is 5.18. The predicted molar refractivity (Wildman–Crippen MR) is 106 cm³/mol. The number of nitrogens with one attached hydrogen (secondary N) is 1. The molecule has 0 radical (unpaired) electrons. The highest BCUT2D eigenvalue weighted by Gasteiger charge is 2.46. The first kappa shape index (κ1) is 20.1. The minimum absolute atomic E-state index is 0.120. The van der Waals surface area contributed by atoms with E-state index in [2.05, 4.69) is 17.2 Å². The average Bonchev–Trinajstić information content (AvgIpc) is 3.02.